The van der Waals surface area contributed by atoms with Crippen LogP contribution in [0.25, 0.3) is 17.0 Å². The van der Waals surface area contributed by atoms with Crippen molar-refractivity contribution >= 4 is 40.8 Å². The Bertz CT molecular complexity index is 1050. The van der Waals surface area contributed by atoms with Crippen molar-refractivity contribution in [3.05, 3.63) is 28.9 Å². The van der Waals surface area contributed by atoms with E-state index in [1.54, 1.807) is 18.2 Å². The van der Waals surface area contributed by atoms with Crippen LogP contribution in [0.1, 0.15) is 26.5 Å². The fourth-order valence-corrected chi connectivity index (χ4v) is 3.10. The number of carbonyl (C=O) groups is 2. The van der Waals surface area contributed by atoms with Gasteiger partial charge in [0.15, 0.2) is 11.5 Å². The first-order chi connectivity index (χ1) is 13.6. The van der Waals surface area contributed by atoms with Gasteiger partial charge in [0.05, 0.1) is 19.9 Å². The fraction of sp³-hybridized carbons (Fsp3) is 0.333. The molecule has 3 N–H and O–H groups in total. The van der Waals surface area contributed by atoms with E-state index in [0.717, 1.165) is 5.69 Å². The van der Waals surface area contributed by atoms with E-state index in [-0.39, 0.29) is 5.41 Å². The van der Waals surface area contributed by atoms with Gasteiger partial charge < -0.3 is 9.47 Å². The molecule has 2 heterocycles. The zero-order valence-corrected chi connectivity index (χ0v) is 17.3. The maximum Gasteiger partial charge on any atom is 0.411 e. The first-order valence-corrected chi connectivity index (χ1v) is 9.00. The maximum atomic E-state index is 11.6. The minimum Gasteiger partial charge on any atom is -0.453 e. The summed E-state index contributed by atoms with van der Waals surface area (Å²) < 4.78 is 10.7. The number of H-pyrrole nitrogens is 1. The third-order valence-corrected chi connectivity index (χ3v) is 4.40. The number of halogens is 1. The van der Waals surface area contributed by atoms with Crippen molar-refractivity contribution in [3.63, 3.8) is 0 Å². The second-order valence-electron chi connectivity index (χ2n) is 7.25. The minimum absolute atomic E-state index is 0.207. The number of methoxy groups -OCH3 is 2. The highest BCUT2D eigenvalue weighted by molar-refractivity contribution is 6.34. The van der Waals surface area contributed by atoms with E-state index in [0.29, 0.717) is 33.4 Å². The predicted octanol–water partition coefficient (Wildman–Crippen LogP) is 4.03. The molecule has 0 spiro atoms. The topological polar surface area (TPSA) is 123 Å². The number of amides is 2. The molecule has 0 saturated heterocycles. The average Bonchev–Trinajstić information content (AvgIpc) is 3.20. The summed E-state index contributed by atoms with van der Waals surface area (Å²) >= 11 is 6.48. The van der Waals surface area contributed by atoms with Crippen molar-refractivity contribution in [2.45, 2.75) is 26.2 Å². The number of rotatable bonds is 3. The predicted molar refractivity (Wildman–Crippen MR) is 109 cm³/mol. The average molecular weight is 421 g/mol. The van der Waals surface area contributed by atoms with Crippen LogP contribution >= 0.6 is 11.6 Å². The number of aromatic amines is 1. The van der Waals surface area contributed by atoms with E-state index in [2.05, 4.69) is 35.3 Å². The van der Waals surface area contributed by atoms with Crippen LogP contribution in [0.2, 0.25) is 5.02 Å². The molecular formula is C18H21ClN6O4. The Balaban J connectivity index is 2.06. The van der Waals surface area contributed by atoms with E-state index in [4.69, 9.17) is 11.6 Å². The van der Waals surface area contributed by atoms with E-state index < -0.39 is 12.2 Å². The lowest BCUT2D eigenvalue weighted by molar-refractivity contribution is 0.186. The summed E-state index contributed by atoms with van der Waals surface area (Å²) in [6.07, 6.45) is -1.32. The Morgan fingerprint density at radius 1 is 1.07 bits per heavy atom. The lowest BCUT2D eigenvalue weighted by Gasteiger charge is -2.16. The van der Waals surface area contributed by atoms with Crippen molar-refractivity contribution in [2.24, 2.45) is 0 Å². The number of benzene rings is 1. The number of hydrogen-bond donors (Lipinski definition) is 3. The van der Waals surface area contributed by atoms with Crippen LogP contribution in [0.4, 0.5) is 21.0 Å². The van der Waals surface area contributed by atoms with Crippen molar-refractivity contribution in [2.75, 3.05) is 24.9 Å². The van der Waals surface area contributed by atoms with Gasteiger partial charge in [-0.15, -0.1) is 5.10 Å². The number of ether oxygens (including phenoxy) is 2. The van der Waals surface area contributed by atoms with Gasteiger partial charge in [-0.25, -0.2) is 14.6 Å². The van der Waals surface area contributed by atoms with E-state index in [1.807, 2.05) is 20.8 Å². The van der Waals surface area contributed by atoms with Crippen molar-refractivity contribution < 1.29 is 19.1 Å². The zero-order chi connectivity index (χ0) is 21.3. The quantitative estimate of drug-likeness (QED) is 0.587. The van der Waals surface area contributed by atoms with Crippen LogP contribution in [0.5, 0.6) is 0 Å². The number of aromatic nitrogens is 4. The number of nitrogens with one attached hydrogen (secondary N) is 3. The van der Waals surface area contributed by atoms with E-state index >= 15 is 0 Å². The Morgan fingerprint density at radius 2 is 1.62 bits per heavy atom. The van der Waals surface area contributed by atoms with Crippen molar-refractivity contribution in [1.29, 1.82) is 0 Å². The molecule has 0 aliphatic carbocycles. The summed E-state index contributed by atoms with van der Waals surface area (Å²) in [5.41, 5.74) is 2.37. The molecule has 0 aliphatic heterocycles. The summed E-state index contributed by atoms with van der Waals surface area (Å²) in [6.45, 7) is 6.08. The molecule has 3 rings (SSSR count). The van der Waals surface area contributed by atoms with Crippen LogP contribution in [-0.4, -0.2) is 46.2 Å². The van der Waals surface area contributed by atoms with E-state index in [9.17, 15) is 9.59 Å². The summed E-state index contributed by atoms with van der Waals surface area (Å²) in [6, 6.07) is 4.84. The van der Waals surface area contributed by atoms with Gasteiger partial charge in [-0.05, 0) is 18.2 Å². The molecule has 3 aromatic rings. The highest BCUT2D eigenvalue weighted by Crippen LogP contribution is 2.32. The summed E-state index contributed by atoms with van der Waals surface area (Å²) in [5, 5.41) is 13.2. The molecule has 11 heteroatoms. The molecule has 0 bridgehead atoms. The number of nitrogens with zero attached hydrogens (tertiary/aromatic N) is 3. The number of fused-ring (bicyclic) bond motifs is 1. The van der Waals surface area contributed by atoms with Gasteiger partial charge in [0.1, 0.15) is 5.02 Å². The van der Waals surface area contributed by atoms with Gasteiger partial charge in [-0.1, -0.05) is 32.4 Å². The fourth-order valence-electron chi connectivity index (χ4n) is 2.66. The second-order valence-corrected chi connectivity index (χ2v) is 7.63. The first-order valence-electron chi connectivity index (χ1n) is 8.62. The molecule has 2 aromatic heterocycles. The maximum absolute atomic E-state index is 11.6. The molecule has 0 unspecified atom stereocenters. The first kappa shape index (κ1) is 20.5. The molecule has 0 fully saturated rings. The lowest BCUT2D eigenvalue weighted by atomic mass is 9.92. The Kier molecular flexibility index (Phi) is 5.38. The molecular weight excluding hydrogens is 400 g/mol. The Morgan fingerprint density at radius 3 is 2.07 bits per heavy atom. The highest BCUT2D eigenvalue weighted by Gasteiger charge is 2.24. The Hall–Kier alpha value is -3.27. The van der Waals surface area contributed by atoms with Gasteiger partial charge in [0.2, 0.25) is 0 Å². The van der Waals surface area contributed by atoms with Crippen LogP contribution in [0, 0.1) is 0 Å². The molecule has 10 nitrogen and oxygen atoms in total. The van der Waals surface area contributed by atoms with Crippen LogP contribution in [0.3, 0.4) is 0 Å². The van der Waals surface area contributed by atoms with Gasteiger partial charge in [0, 0.05) is 22.4 Å². The standard InChI is InChI=1S/C18H21ClN6O4/c1-18(2,3)13-12(19)15-22-14(24-25(15)23-13)9-6-10(20-16(26)28-4)8-11(7-9)21-17(27)29-5/h6-8,23H,1-5H3,(H,20,26)(H,21,27). The lowest BCUT2D eigenvalue weighted by Crippen LogP contribution is -2.13. The van der Waals surface area contributed by atoms with Gasteiger partial charge in [-0.3, -0.25) is 15.7 Å². The molecule has 29 heavy (non-hydrogen) atoms. The SMILES string of the molecule is COC(=O)Nc1cc(NC(=O)OC)cc(-c2nc3c(Cl)c(C(C)(C)C)[nH]n3n2)c1. The number of hydrogen-bond acceptors (Lipinski definition) is 6. The van der Waals surface area contributed by atoms with Crippen molar-refractivity contribution in [1.82, 2.24) is 19.8 Å². The third-order valence-electron chi connectivity index (χ3n) is 4.05. The summed E-state index contributed by atoms with van der Waals surface area (Å²) in [4.78, 5) is 27.7. The van der Waals surface area contributed by atoms with E-state index in [1.165, 1.54) is 18.8 Å². The number of carbonyl (C=O) groups excluding carboxylic acids is 2. The molecule has 154 valence electrons. The van der Waals surface area contributed by atoms with Gasteiger partial charge in [0.25, 0.3) is 0 Å². The molecule has 2 amide bonds. The molecule has 1 aromatic carbocycles. The van der Waals surface area contributed by atoms with Gasteiger partial charge >= 0.3 is 12.2 Å². The highest BCUT2D eigenvalue weighted by atomic mass is 35.5. The minimum atomic E-state index is -0.658. The summed E-state index contributed by atoms with van der Waals surface area (Å²) in [7, 11) is 2.50. The van der Waals surface area contributed by atoms with Crippen LogP contribution < -0.4 is 10.6 Å². The number of anilines is 2. The molecule has 0 saturated carbocycles. The largest absolute Gasteiger partial charge is 0.453 e. The second kappa shape index (κ2) is 7.63. The monoisotopic (exact) mass is 420 g/mol. The van der Waals surface area contributed by atoms with Gasteiger partial charge in [-0.2, -0.15) is 4.63 Å². The third kappa shape index (κ3) is 4.27. The molecule has 0 radical (unpaired) electrons. The molecule has 0 aliphatic rings. The zero-order valence-electron chi connectivity index (χ0n) is 16.6. The van der Waals surface area contributed by atoms with Crippen molar-refractivity contribution in [3.8, 4) is 11.4 Å². The Labute approximate surface area is 171 Å². The smallest absolute Gasteiger partial charge is 0.411 e. The van der Waals surface area contributed by atoms with Crippen LogP contribution in [0.15, 0.2) is 18.2 Å². The summed E-state index contributed by atoms with van der Waals surface area (Å²) in [5.74, 6) is 0.347. The molecule has 0 atom stereocenters. The normalized spacial score (nSPS) is 11.4. The van der Waals surface area contributed by atoms with Crippen LogP contribution in [-0.2, 0) is 14.9 Å².